The Morgan fingerprint density at radius 2 is 1.93 bits per heavy atom. The van der Waals surface area contributed by atoms with Crippen molar-refractivity contribution in [3.63, 3.8) is 0 Å². The van der Waals surface area contributed by atoms with Crippen molar-refractivity contribution >= 4 is 23.2 Å². The van der Waals surface area contributed by atoms with E-state index in [1.807, 2.05) is 0 Å². The fourth-order valence-corrected chi connectivity index (χ4v) is 3.34. The SMILES string of the molecule is O=C(CSc1nnc(-c2cccc([N+](=O)[O-])c2)o1)c1ccc2c(c1)OCCCO2. The summed E-state index contributed by atoms with van der Waals surface area (Å²) in [6.07, 6.45) is 0.790. The number of nitro groups is 1. The van der Waals surface area contributed by atoms with Gasteiger partial charge >= 0.3 is 0 Å². The van der Waals surface area contributed by atoms with E-state index in [1.54, 1.807) is 24.3 Å². The number of non-ortho nitro benzene ring substituents is 1. The number of hydrogen-bond acceptors (Lipinski definition) is 9. The molecule has 2 heterocycles. The van der Waals surface area contributed by atoms with Crippen LogP contribution in [-0.4, -0.2) is 39.9 Å². The molecule has 0 radical (unpaired) electrons. The Morgan fingerprint density at radius 1 is 1.10 bits per heavy atom. The van der Waals surface area contributed by atoms with E-state index in [1.165, 1.54) is 18.2 Å². The van der Waals surface area contributed by atoms with Crippen LogP contribution in [-0.2, 0) is 0 Å². The molecule has 0 aliphatic carbocycles. The van der Waals surface area contributed by atoms with Crippen molar-refractivity contribution in [2.24, 2.45) is 0 Å². The average molecular weight is 413 g/mol. The molecule has 0 fully saturated rings. The molecule has 1 aliphatic rings. The Hall–Kier alpha value is -3.40. The normalized spacial score (nSPS) is 13.0. The van der Waals surface area contributed by atoms with Crippen molar-refractivity contribution < 1.29 is 23.6 Å². The third-order valence-corrected chi connectivity index (χ3v) is 4.93. The fraction of sp³-hybridized carbons (Fsp3) is 0.211. The fourth-order valence-electron chi connectivity index (χ4n) is 2.68. The number of ketones is 1. The molecular weight excluding hydrogens is 398 g/mol. The van der Waals surface area contributed by atoms with E-state index in [0.717, 1.165) is 18.2 Å². The number of ether oxygens (including phenoxy) is 2. The van der Waals surface area contributed by atoms with Crippen molar-refractivity contribution in [2.75, 3.05) is 19.0 Å². The first-order valence-electron chi connectivity index (χ1n) is 8.74. The molecule has 148 valence electrons. The first-order chi connectivity index (χ1) is 14.1. The minimum Gasteiger partial charge on any atom is -0.490 e. The van der Waals surface area contributed by atoms with Crippen LogP contribution in [0.4, 0.5) is 5.69 Å². The second-order valence-corrected chi connectivity index (χ2v) is 7.03. The summed E-state index contributed by atoms with van der Waals surface area (Å²) in [5.41, 5.74) is 0.868. The molecule has 0 spiro atoms. The zero-order chi connectivity index (χ0) is 20.2. The monoisotopic (exact) mass is 413 g/mol. The van der Waals surface area contributed by atoms with Crippen LogP contribution >= 0.6 is 11.8 Å². The number of benzene rings is 2. The molecular formula is C19H15N3O6S. The first-order valence-corrected chi connectivity index (χ1v) is 9.73. The van der Waals surface area contributed by atoms with Crippen molar-refractivity contribution in [1.29, 1.82) is 0 Å². The average Bonchev–Trinajstić information content (AvgIpc) is 3.09. The van der Waals surface area contributed by atoms with E-state index in [9.17, 15) is 14.9 Å². The van der Waals surface area contributed by atoms with Crippen LogP contribution in [0.3, 0.4) is 0 Å². The zero-order valence-corrected chi connectivity index (χ0v) is 15.9. The molecule has 0 N–H and O–H groups in total. The van der Waals surface area contributed by atoms with E-state index >= 15 is 0 Å². The van der Waals surface area contributed by atoms with Crippen LogP contribution in [0.1, 0.15) is 16.8 Å². The number of carbonyl (C=O) groups is 1. The third-order valence-electron chi connectivity index (χ3n) is 4.11. The highest BCUT2D eigenvalue weighted by Gasteiger charge is 2.17. The Labute approximate surface area is 169 Å². The quantitative estimate of drug-likeness (QED) is 0.257. The lowest BCUT2D eigenvalue weighted by Gasteiger charge is -2.08. The van der Waals surface area contributed by atoms with Gasteiger partial charge in [0.2, 0.25) is 5.89 Å². The van der Waals surface area contributed by atoms with Crippen LogP contribution in [0.2, 0.25) is 0 Å². The van der Waals surface area contributed by atoms with E-state index in [4.69, 9.17) is 13.9 Å². The van der Waals surface area contributed by atoms with Gasteiger partial charge in [0.05, 0.1) is 23.9 Å². The molecule has 10 heteroatoms. The van der Waals surface area contributed by atoms with Crippen LogP contribution in [0.5, 0.6) is 11.5 Å². The van der Waals surface area contributed by atoms with Gasteiger partial charge in [-0.2, -0.15) is 0 Å². The molecule has 1 aromatic heterocycles. The minimum absolute atomic E-state index is 0.0699. The van der Waals surface area contributed by atoms with Gasteiger partial charge in [-0.25, -0.2) is 0 Å². The molecule has 0 saturated heterocycles. The highest BCUT2D eigenvalue weighted by Crippen LogP contribution is 2.31. The van der Waals surface area contributed by atoms with E-state index < -0.39 is 4.92 Å². The number of fused-ring (bicyclic) bond motifs is 1. The topological polar surface area (TPSA) is 118 Å². The Balaban J connectivity index is 1.42. The van der Waals surface area contributed by atoms with Gasteiger partial charge in [-0.05, 0) is 24.3 Å². The van der Waals surface area contributed by atoms with Crippen LogP contribution < -0.4 is 9.47 Å². The van der Waals surface area contributed by atoms with Gasteiger partial charge in [-0.15, -0.1) is 10.2 Å². The molecule has 1 aliphatic heterocycles. The van der Waals surface area contributed by atoms with Crippen LogP contribution in [0.15, 0.2) is 52.1 Å². The van der Waals surface area contributed by atoms with Crippen molar-refractivity contribution in [3.8, 4) is 23.0 Å². The molecule has 0 bridgehead atoms. The van der Waals surface area contributed by atoms with Gasteiger partial charge in [0.15, 0.2) is 17.3 Å². The number of nitrogens with zero attached hydrogens (tertiary/aromatic N) is 3. The maximum Gasteiger partial charge on any atom is 0.277 e. The van der Waals surface area contributed by atoms with Crippen LogP contribution in [0.25, 0.3) is 11.5 Å². The Kier molecular flexibility index (Phi) is 5.43. The molecule has 3 aromatic rings. The lowest BCUT2D eigenvalue weighted by Crippen LogP contribution is -2.03. The summed E-state index contributed by atoms with van der Waals surface area (Å²) in [5, 5.41) is 18.9. The van der Waals surface area contributed by atoms with E-state index in [2.05, 4.69) is 10.2 Å². The second-order valence-electron chi connectivity index (χ2n) is 6.10. The predicted molar refractivity (Wildman–Crippen MR) is 103 cm³/mol. The summed E-state index contributed by atoms with van der Waals surface area (Å²) in [7, 11) is 0. The highest BCUT2D eigenvalue weighted by atomic mass is 32.2. The maximum atomic E-state index is 12.5. The van der Waals surface area contributed by atoms with Gasteiger partial charge in [-0.3, -0.25) is 14.9 Å². The molecule has 4 rings (SSSR count). The number of rotatable bonds is 6. The number of thioether (sulfide) groups is 1. The smallest absolute Gasteiger partial charge is 0.277 e. The molecule has 0 saturated carbocycles. The Morgan fingerprint density at radius 3 is 2.76 bits per heavy atom. The highest BCUT2D eigenvalue weighted by molar-refractivity contribution is 7.99. The number of aromatic nitrogens is 2. The number of nitro benzene ring substituents is 1. The largest absolute Gasteiger partial charge is 0.490 e. The molecule has 9 nitrogen and oxygen atoms in total. The summed E-state index contributed by atoms with van der Waals surface area (Å²) in [6.45, 7) is 1.13. The summed E-state index contributed by atoms with van der Waals surface area (Å²) in [6, 6.07) is 11.0. The third kappa shape index (κ3) is 4.37. The van der Waals surface area contributed by atoms with Gasteiger partial charge in [-0.1, -0.05) is 17.8 Å². The molecule has 0 atom stereocenters. The molecule has 0 amide bonds. The lowest BCUT2D eigenvalue weighted by atomic mass is 10.1. The van der Waals surface area contributed by atoms with Crippen molar-refractivity contribution in [2.45, 2.75) is 11.6 Å². The standard InChI is InChI=1S/C19H15N3O6S/c23-15(12-5-6-16-17(10-12)27-8-2-7-26-16)11-29-19-21-20-18(28-19)13-3-1-4-14(9-13)22(24)25/h1,3-6,9-10H,2,7-8,11H2. The number of carbonyl (C=O) groups excluding carboxylic acids is 1. The summed E-state index contributed by atoms with van der Waals surface area (Å²) in [4.78, 5) is 22.9. The Bertz CT molecular complexity index is 1070. The maximum absolute atomic E-state index is 12.5. The molecule has 29 heavy (non-hydrogen) atoms. The predicted octanol–water partition coefficient (Wildman–Crippen LogP) is 3.78. The first kappa shape index (κ1) is 18.9. The minimum atomic E-state index is -0.497. The van der Waals surface area contributed by atoms with Crippen molar-refractivity contribution in [1.82, 2.24) is 10.2 Å². The molecule has 2 aromatic carbocycles. The summed E-state index contributed by atoms with van der Waals surface area (Å²) < 4.78 is 16.7. The van der Waals surface area contributed by atoms with E-state index in [-0.39, 0.29) is 28.3 Å². The zero-order valence-electron chi connectivity index (χ0n) is 15.1. The van der Waals surface area contributed by atoms with Gasteiger partial charge in [0.25, 0.3) is 10.9 Å². The van der Waals surface area contributed by atoms with Gasteiger partial charge in [0, 0.05) is 29.7 Å². The van der Waals surface area contributed by atoms with E-state index in [0.29, 0.717) is 35.8 Å². The summed E-state index contributed by atoms with van der Waals surface area (Å²) in [5.74, 6) is 1.31. The van der Waals surface area contributed by atoms with Gasteiger partial charge < -0.3 is 13.9 Å². The van der Waals surface area contributed by atoms with Crippen molar-refractivity contribution in [3.05, 3.63) is 58.1 Å². The number of Topliss-reactive ketones (excluding diaryl/α,β-unsaturated/α-hetero) is 1. The number of hydrogen-bond donors (Lipinski definition) is 0. The second kappa shape index (κ2) is 8.31. The summed E-state index contributed by atoms with van der Waals surface area (Å²) >= 11 is 1.10. The van der Waals surface area contributed by atoms with Gasteiger partial charge in [0.1, 0.15) is 0 Å². The van der Waals surface area contributed by atoms with Crippen LogP contribution in [0, 0.1) is 10.1 Å². The lowest BCUT2D eigenvalue weighted by molar-refractivity contribution is -0.384. The molecule has 0 unspecified atom stereocenters.